The lowest BCUT2D eigenvalue weighted by atomic mass is 9.86. The monoisotopic (exact) mass is 529 g/mol. The fraction of sp³-hybridized carbons (Fsp3) is 0.400. The minimum absolute atomic E-state index is 0.0366. The van der Waals surface area contributed by atoms with Gasteiger partial charge in [0.1, 0.15) is 12.1 Å². The highest BCUT2D eigenvalue weighted by Crippen LogP contribution is 2.42. The van der Waals surface area contributed by atoms with Gasteiger partial charge in [0, 0.05) is 55.8 Å². The van der Waals surface area contributed by atoms with Crippen molar-refractivity contribution in [2.75, 3.05) is 47.5 Å². The summed E-state index contributed by atoms with van der Waals surface area (Å²) in [6.45, 7) is 4.67. The Morgan fingerprint density at radius 3 is 2.54 bits per heavy atom. The SMILES string of the molecule is C/C(N)=C(\c1cnc2c3ccnc(OCCN(C)C)c3n(C(c3ccccc3)C3CCOCC3)c2c1)N(C)N. The van der Waals surface area contributed by atoms with Crippen LogP contribution in [0.5, 0.6) is 5.88 Å². The topological polar surface area (TPSA) is 108 Å². The van der Waals surface area contributed by atoms with E-state index in [-0.39, 0.29) is 6.04 Å². The first-order valence-corrected chi connectivity index (χ1v) is 13.5. The van der Waals surface area contributed by atoms with E-state index in [1.54, 1.807) is 12.1 Å². The average molecular weight is 530 g/mol. The third kappa shape index (κ3) is 5.43. The zero-order valence-electron chi connectivity index (χ0n) is 23.3. The molecule has 0 saturated carbocycles. The van der Waals surface area contributed by atoms with Gasteiger partial charge in [0.25, 0.3) is 0 Å². The van der Waals surface area contributed by atoms with E-state index >= 15 is 0 Å². The van der Waals surface area contributed by atoms with E-state index in [2.05, 4.69) is 45.9 Å². The van der Waals surface area contributed by atoms with E-state index in [1.165, 1.54) is 5.56 Å². The maximum absolute atomic E-state index is 6.34. The highest BCUT2D eigenvalue weighted by molar-refractivity contribution is 6.08. The molecule has 39 heavy (non-hydrogen) atoms. The maximum Gasteiger partial charge on any atom is 0.238 e. The molecule has 1 atom stereocenters. The largest absolute Gasteiger partial charge is 0.475 e. The zero-order chi connectivity index (χ0) is 27.5. The van der Waals surface area contributed by atoms with Crippen LogP contribution < -0.4 is 16.3 Å². The molecule has 1 fully saturated rings. The highest BCUT2D eigenvalue weighted by atomic mass is 16.5. The van der Waals surface area contributed by atoms with E-state index in [4.69, 9.17) is 31.0 Å². The number of benzene rings is 1. The average Bonchev–Trinajstić information content (AvgIpc) is 3.24. The van der Waals surface area contributed by atoms with Crippen LogP contribution in [0.3, 0.4) is 0 Å². The van der Waals surface area contributed by atoms with Gasteiger partial charge in [-0.05, 0) is 57.5 Å². The Morgan fingerprint density at radius 2 is 1.87 bits per heavy atom. The van der Waals surface area contributed by atoms with Gasteiger partial charge in [0.2, 0.25) is 5.88 Å². The van der Waals surface area contributed by atoms with Crippen molar-refractivity contribution in [3.8, 4) is 5.88 Å². The summed E-state index contributed by atoms with van der Waals surface area (Å²) < 4.78 is 14.5. The molecule has 1 saturated heterocycles. The second kappa shape index (κ2) is 11.6. The number of likely N-dealkylation sites (N-methyl/N-ethyl adjacent to an activating group) is 1. The number of rotatable bonds is 9. The van der Waals surface area contributed by atoms with Crippen LogP contribution in [0, 0.1) is 5.92 Å². The van der Waals surface area contributed by atoms with Gasteiger partial charge in [0.05, 0.1) is 22.8 Å². The Balaban J connectivity index is 1.82. The third-order valence-corrected chi connectivity index (χ3v) is 7.42. The molecule has 4 N–H and O–H groups in total. The second-order valence-corrected chi connectivity index (χ2v) is 10.6. The van der Waals surface area contributed by atoms with Crippen molar-refractivity contribution in [2.24, 2.45) is 17.5 Å². The fourth-order valence-electron chi connectivity index (χ4n) is 5.70. The predicted molar refractivity (Wildman–Crippen MR) is 156 cm³/mol. The van der Waals surface area contributed by atoms with Crippen LogP contribution in [0.2, 0.25) is 0 Å². The van der Waals surface area contributed by atoms with Crippen molar-refractivity contribution >= 4 is 27.6 Å². The standard InChI is InChI=1S/C30H39N7O2/c1-20(31)27(36(4)32)23-18-25-26(34-19-23)24-10-13-33-30(39-17-14-35(2)3)29(24)37(25)28(21-8-6-5-7-9-21)22-11-15-38-16-12-22/h5-10,13,18-19,22,28H,11-12,14-17,31-32H2,1-4H3/b27-20-. The smallest absolute Gasteiger partial charge is 0.238 e. The van der Waals surface area contributed by atoms with Gasteiger partial charge in [0.15, 0.2) is 0 Å². The van der Waals surface area contributed by atoms with Crippen molar-refractivity contribution < 1.29 is 9.47 Å². The molecule has 0 radical (unpaired) electrons. The number of nitrogens with two attached hydrogens (primary N) is 2. The molecule has 5 rings (SSSR count). The van der Waals surface area contributed by atoms with Crippen LogP contribution in [0.4, 0.5) is 0 Å². The first kappa shape index (κ1) is 26.9. The number of ether oxygens (including phenoxy) is 2. The van der Waals surface area contributed by atoms with Gasteiger partial charge >= 0.3 is 0 Å². The van der Waals surface area contributed by atoms with Crippen molar-refractivity contribution in [3.05, 3.63) is 71.7 Å². The van der Waals surface area contributed by atoms with E-state index in [0.717, 1.165) is 65.8 Å². The Morgan fingerprint density at radius 1 is 1.13 bits per heavy atom. The van der Waals surface area contributed by atoms with Gasteiger partial charge in [-0.2, -0.15) is 0 Å². The molecule has 1 aliphatic rings. The summed E-state index contributed by atoms with van der Waals surface area (Å²) >= 11 is 0. The summed E-state index contributed by atoms with van der Waals surface area (Å²) in [5.74, 6) is 7.19. The molecule has 0 aliphatic carbocycles. The van der Waals surface area contributed by atoms with Crippen molar-refractivity contribution in [2.45, 2.75) is 25.8 Å². The Labute approximate surface area is 230 Å². The number of hydrazine groups is 1. The van der Waals surface area contributed by atoms with Crippen molar-refractivity contribution in [3.63, 3.8) is 0 Å². The van der Waals surface area contributed by atoms with Gasteiger partial charge < -0.3 is 29.7 Å². The zero-order valence-corrected chi connectivity index (χ0v) is 23.3. The Kier molecular flexibility index (Phi) is 8.02. The third-order valence-electron chi connectivity index (χ3n) is 7.42. The Hall–Kier alpha value is -3.66. The molecule has 4 aromatic rings. The van der Waals surface area contributed by atoms with Crippen LogP contribution in [0.15, 0.2) is 60.6 Å². The summed E-state index contributed by atoms with van der Waals surface area (Å²) in [5, 5.41) is 2.56. The summed E-state index contributed by atoms with van der Waals surface area (Å²) in [5.41, 5.74) is 12.6. The van der Waals surface area contributed by atoms with Crippen LogP contribution in [0.25, 0.3) is 27.6 Å². The van der Waals surface area contributed by atoms with Crippen LogP contribution in [0.1, 0.15) is 36.9 Å². The molecule has 1 aliphatic heterocycles. The summed E-state index contributed by atoms with van der Waals surface area (Å²) in [6, 6.07) is 14.9. The lowest BCUT2D eigenvalue weighted by Gasteiger charge is -2.33. The number of aromatic nitrogens is 3. The van der Waals surface area contributed by atoms with Gasteiger partial charge in [-0.3, -0.25) is 4.98 Å². The number of pyridine rings is 2. The van der Waals surface area contributed by atoms with Gasteiger partial charge in [-0.1, -0.05) is 30.3 Å². The number of nitrogens with zero attached hydrogens (tertiary/aromatic N) is 5. The lowest BCUT2D eigenvalue weighted by molar-refractivity contribution is 0.0552. The minimum Gasteiger partial charge on any atom is -0.475 e. The van der Waals surface area contributed by atoms with Gasteiger partial charge in [-0.25, -0.2) is 10.8 Å². The molecular formula is C30H39N7O2. The molecule has 4 heterocycles. The number of hydrogen-bond acceptors (Lipinski definition) is 8. The minimum atomic E-state index is 0.0366. The molecule has 0 bridgehead atoms. The molecule has 9 heteroatoms. The summed E-state index contributed by atoms with van der Waals surface area (Å²) in [6.07, 6.45) is 5.58. The molecule has 9 nitrogen and oxygen atoms in total. The van der Waals surface area contributed by atoms with E-state index in [0.29, 0.717) is 24.1 Å². The number of fused-ring (bicyclic) bond motifs is 3. The molecule has 206 valence electrons. The maximum atomic E-state index is 6.34. The first-order chi connectivity index (χ1) is 18.9. The molecule has 0 amide bonds. The Bertz CT molecular complexity index is 1450. The quantitative estimate of drug-likeness (QED) is 0.248. The summed E-state index contributed by atoms with van der Waals surface area (Å²) in [7, 11) is 5.87. The van der Waals surface area contributed by atoms with Crippen molar-refractivity contribution in [1.29, 1.82) is 0 Å². The highest BCUT2D eigenvalue weighted by Gasteiger charge is 2.31. The second-order valence-electron chi connectivity index (χ2n) is 10.6. The molecule has 1 aromatic carbocycles. The number of hydrogen-bond donors (Lipinski definition) is 2. The predicted octanol–water partition coefficient (Wildman–Crippen LogP) is 3.99. The number of allylic oxidation sites excluding steroid dienone is 1. The van der Waals surface area contributed by atoms with Crippen molar-refractivity contribution in [1.82, 2.24) is 24.4 Å². The van der Waals surface area contributed by atoms with E-state index in [1.807, 2.05) is 39.5 Å². The normalized spacial score (nSPS) is 16.1. The summed E-state index contributed by atoms with van der Waals surface area (Å²) in [4.78, 5) is 11.8. The van der Waals surface area contributed by atoms with Crippen LogP contribution >= 0.6 is 0 Å². The lowest BCUT2D eigenvalue weighted by Crippen LogP contribution is -2.27. The molecule has 0 spiro atoms. The van der Waals surface area contributed by atoms with Gasteiger partial charge in [-0.15, -0.1) is 0 Å². The van der Waals surface area contributed by atoms with Crippen LogP contribution in [-0.4, -0.2) is 72.0 Å². The van der Waals surface area contributed by atoms with Crippen LogP contribution in [-0.2, 0) is 4.74 Å². The van der Waals surface area contributed by atoms with E-state index in [9.17, 15) is 0 Å². The molecule has 1 unspecified atom stereocenters. The van der Waals surface area contributed by atoms with E-state index < -0.39 is 0 Å². The molecule has 3 aromatic heterocycles. The fourth-order valence-corrected chi connectivity index (χ4v) is 5.70. The first-order valence-electron chi connectivity index (χ1n) is 13.5. The molecular weight excluding hydrogens is 490 g/mol.